The highest BCUT2D eigenvalue weighted by Gasteiger charge is 2.15. The Kier molecular flexibility index (Phi) is 4.84. The van der Waals surface area contributed by atoms with E-state index in [1.807, 2.05) is 0 Å². The van der Waals surface area contributed by atoms with Crippen LogP contribution in [0, 0.1) is 10.1 Å². The number of carbonyl (C=O) groups excluding carboxylic acids is 2. The van der Waals surface area contributed by atoms with Gasteiger partial charge in [-0.05, 0) is 37.3 Å². The number of nitrogens with zero attached hydrogens (tertiary/aromatic N) is 1. The zero-order chi connectivity index (χ0) is 16.1. The van der Waals surface area contributed by atoms with Crippen LogP contribution in [0.15, 0.2) is 36.4 Å². The molecule has 0 saturated carbocycles. The van der Waals surface area contributed by atoms with Crippen molar-refractivity contribution in [2.24, 2.45) is 0 Å². The minimum atomic E-state index is -0.546. The molecule has 0 radical (unpaired) electrons. The number of amides is 1. The number of rotatable bonds is 5. The first-order valence-corrected chi connectivity index (χ1v) is 7.15. The molecule has 0 saturated heterocycles. The second-order valence-corrected chi connectivity index (χ2v) is 5.21. The summed E-state index contributed by atoms with van der Waals surface area (Å²) in [4.78, 5) is 33.7. The monoisotopic (exact) mass is 320 g/mol. The van der Waals surface area contributed by atoms with Gasteiger partial charge in [0, 0.05) is 11.8 Å². The zero-order valence-electron chi connectivity index (χ0n) is 11.6. The highest BCUT2D eigenvalue weighted by atomic mass is 32.1. The fraction of sp³-hybridized carbons (Fsp3) is 0.143. The lowest BCUT2D eigenvalue weighted by molar-refractivity contribution is -0.380. The number of thiophene rings is 1. The minimum absolute atomic E-state index is 0.0946. The maximum atomic E-state index is 12.0. The second-order valence-electron chi connectivity index (χ2n) is 4.15. The number of nitrogens with one attached hydrogen (secondary N) is 1. The average Bonchev–Trinajstić information content (AvgIpc) is 2.98. The van der Waals surface area contributed by atoms with Crippen molar-refractivity contribution < 1.29 is 19.2 Å². The van der Waals surface area contributed by atoms with E-state index in [1.165, 1.54) is 24.3 Å². The Morgan fingerprint density at radius 1 is 1.23 bits per heavy atom. The highest BCUT2D eigenvalue weighted by Crippen LogP contribution is 2.24. The SMILES string of the molecule is CCOC(=O)c1ccc(NC(=O)c2ccc([N+](=O)[O-])s2)cc1. The predicted octanol–water partition coefficient (Wildman–Crippen LogP) is 3.09. The lowest BCUT2D eigenvalue weighted by Gasteiger charge is -2.05. The lowest BCUT2D eigenvalue weighted by Crippen LogP contribution is -2.10. The number of carbonyl (C=O) groups is 2. The van der Waals surface area contributed by atoms with Crippen LogP contribution in [-0.4, -0.2) is 23.4 Å². The topological polar surface area (TPSA) is 98.5 Å². The molecular weight excluding hydrogens is 308 g/mol. The van der Waals surface area contributed by atoms with Crippen molar-refractivity contribution in [3.8, 4) is 0 Å². The van der Waals surface area contributed by atoms with Crippen molar-refractivity contribution in [3.63, 3.8) is 0 Å². The number of anilines is 1. The molecule has 0 unspecified atom stereocenters. The van der Waals surface area contributed by atoms with Crippen LogP contribution in [0.1, 0.15) is 27.0 Å². The zero-order valence-corrected chi connectivity index (χ0v) is 12.4. The van der Waals surface area contributed by atoms with E-state index in [2.05, 4.69) is 5.32 Å². The summed E-state index contributed by atoms with van der Waals surface area (Å²) in [5.74, 6) is -0.878. The van der Waals surface area contributed by atoms with Crippen molar-refractivity contribution in [2.45, 2.75) is 6.92 Å². The van der Waals surface area contributed by atoms with E-state index in [9.17, 15) is 19.7 Å². The van der Waals surface area contributed by atoms with Gasteiger partial charge >= 0.3 is 11.0 Å². The molecule has 22 heavy (non-hydrogen) atoms. The second kappa shape index (κ2) is 6.81. The summed E-state index contributed by atoms with van der Waals surface area (Å²) in [5, 5.41) is 13.1. The molecule has 1 heterocycles. The normalized spacial score (nSPS) is 10.0. The van der Waals surface area contributed by atoms with Crippen molar-refractivity contribution in [2.75, 3.05) is 11.9 Å². The van der Waals surface area contributed by atoms with E-state index in [1.54, 1.807) is 19.1 Å². The minimum Gasteiger partial charge on any atom is -0.462 e. The third-order valence-electron chi connectivity index (χ3n) is 2.65. The first kappa shape index (κ1) is 15.6. The van der Waals surface area contributed by atoms with Gasteiger partial charge in [-0.3, -0.25) is 14.9 Å². The van der Waals surface area contributed by atoms with Crippen LogP contribution in [0.5, 0.6) is 0 Å². The molecule has 1 N–H and O–H groups in total. The van der Waals surface area contributed by atoms with Crippen LogP contribution < -0.4 is 5.32 Å². The summed E-state index contributed by atoms with van der Waals surface area (Å²) in [6.07, 6.45) is 0. The van der Waals surface area contributed by atoms with Crippen LogP contribution in [-0.2, 0) is 4.74 Å². The fourth-order valence-corrected chi connectivity index (χ4v) is 2.36. The summed E-state index contributed by atoms with van der Waals surface area (Å²) in [6, 6.07) is 8.86. The summed E-state index contributed by atoms with van der Waals surface area (Å²) in [6.45, 7) is 2.00. The van der Waals surface area contributed by atoms with Crippen LogP contribution in [0.25, 0.3) is 0 Å². The number of benzene rings is 1. The van der Waals surface area contributed by atoms with Gasteiger partial charge in [-0.2, -0.15) is 0 Å². The van der Waals surface area contributed by atoms with Crippen LogP contribution in [0.4, 0.5) is 10.7 Å². The summed E-state index contributed by atoms with van der Waals surface area (Å²) < 4.78 is 4.85. The van der Waals surface area contributed by atoms with Crippen molar-refractivity contribution in [3.05, 3.63) is 57.0 Å². The van der Waals surface area contributed by atoms with E-state index in [-0.39, 0.29) is 16.5 Å². The van der Waals surface area contributed by atoms with Crippen molar-refractivity contribution >= 4 is 33.9 Å². The Balaban J connectivity index is 2.05. The quantitative estimate of drug-likeness (QED) is 0.518. The Hall–Kier alpha value is -2.74. The summed E-state index contributed by atoms with van der Waals surface area (Å²) in [5.41, 5.74) is 0.862. The van der Waals surface area contributed by atoms with E-state index < -0.39 is 16.8 Å². The van der Waals surface area contributed by atoms with Gasteiger partial charge in [0.25, 0.3) is 5.91 Å². The van der Waals surface area contributed by atoms with Gasteiger partial charge in [0.05, 0.1) is 22.0 Å². The maximum absolute atomic E-state index is 12.0. The van der Waals surface area contributed by atoms with Crippen molar-refractivity contribution in [1.29, 1.82) is 0 Å². The molecule has 0 aliphatic heterocycles. The number of ether oxygens (including phenoxy) is 1. The maximum Gasteiger partial charge on any atom is 0.338 e. The Morgan fingerprint density at radius 2 is 1.91 bits per heavy atom. The lowest BCUT2D eigenvalue weighted by atomic mass is 10.2. The number of esters is 1. The molecule has 0 aliphatic carbocycles. The van der Waals surface area contributed by atoms with Gasteiger partial charge in [0.1, 0.15) is 0 Å². The van der Waals surface area contributed by atoms with E-state index in [4.69, 9.17) is 4.74 Å². The predicted molar refractivity (Wildman–Crippen MR) is 81.3 cm³/mol. The summed E-state index contributed by atoms with van der Waals surface area (Å²) >= 11 is 0.798. The first-order chi connectivity index (χ1) is 10.5. The molecule has 7 nitrogen and oxygen atoms in total. The number of hydrogen-bond acceptors (Lipinski definition) is 6. The molecule has 8 heteroatoms. The summed E-state index contributed by atoms with van der Waals surface area (Å²) in [7, 11) is 0. The first-order valence-electron chi connectivity index (χ1n) is 6.34. The fourth-order valence-electron chi connectivity index (χ4n) is 1.64. The van der Waals surface area contributed by atoms with E-state index >= 15 is 0 Å². The molecular formula is C14H12N2O5S. The van der Waals surface area contributed by atoms with E-state index in [0.717, 1.165) is 11.3 Å². The number of nitro groups is 1. The third kappa shape index (κ3) is 3.67. The van der Waals surface area contributed by atoms with Crippen LogP contribution in [0.2, 0.25) is 0 Å². The molecule has 1 aromatic carbocycles. The Labute approximate surface area is 129 Å². The smallest absolute Gasteiger partial charge is 0.338 e. The molecule has 0 fully saturated rings. The van der Waals surface area contributed by atoms with Crippen LogP contribution in [0.3, 0.4) is 0 Å². The van der Waals surface area contributed by atoms with Gasteiger partial charge in [0.15, 0.2) is 0 Å². The Bertz CT molecular complexity index is 708. The van der Waals surface area contributed by atoms with Crippen LogP contribution >= 0.6 is 11.3 Å². The standard InChI is InChI=1S/C14H12N2O5S/c1-2-21-14(18)9-3-5-10(6-4-9)15-13(17)11-7-8-12(22-11)16(19)20/h3-8H,2H2,1H3,(H,15,17). The van der Waals surface area contributed by atoms with Crippen molar-refractivity contribution in [1.82, 2.24) is 0 Å². The van der Waals surface area contributed by atoms with Gasteiger partial charge in [0.2, 0.25) is 0 Å². The van der Waals surface area contributed by atoms with E-state index in [0.29, 0.717) is 11.3 Å². The molecule has 2 aromatic rings. The van der Waals surface area contributed by atoms with Gasteiger partial charge in [-0.1, -0.05) is 11.3 Å². The largest absolute Gasteiger partial charge is 0.462 e. The molecule has 1 aromatic heterocycles. The molecule has 1 amide bonds. The highest BCUT2D eigenvalue weighted by molar-refractivity contribution is 7.17. The average molecular weight is 320 g/mol. The van der Waals surface area contributed by atoms with Gasteiger partial charge in [-0.15, -0.1) is 0 Å². The number of hydrogen-bond donors (Lipinski definition) is 1. The van der Waals surface area contributed by atoms with Gasteiger partial charge in [-0.25, -0.2) is 4.79 Å². The third-order valence-corrected chi connectivity index (χ3v) is 3.69. The molecule has 2 rings (SSSR count). The Morgan fingerprint density at radius 3 is 2.45 bits per heavy atom. The molecule has 0 spiro atoms. The molecule has 0 bridgehead atoms. The molecule has 0 atom stereocenters. The molecule has 114 valence electrons. The van der Waals surface area contributed by atoms with Gasteiger partial charge < -0.3 is 10.1 Å². The molecule has 0 aliphatic rings.